The Labute approximate surface area is 132 Å². The average molecular weight is 322 g/mol. The zero-order valence-corrected chi connectivity index (χ0v) is 14.0. The highest BCUT2D eigenvalue weighted by Crippen LogP contribution is 2.41. The first-order valence-corrected chi connectivity index (χ1v) is 8.79. The first-order chi connectivity index (χ1) is 10.1. The van der Waals surface area contributed by atoms with Crippen LogP contribution in [-0.2, 0) is 22.4 Å². The number of thiophene rings is 1. The Balaban J connectivity index is 2.01. The van der Waals surface area contributed by atoms with Gasteiger partial charge in [0.2, 0.25) is 0 Å². The number of fused-ring (bicyclic) bond motifs is 3. The highest BCUT2D eigenvalue weighted by molar-refractivity contribution is 8.00. The van der Waals surface area contributed by atoms with Crippen LogP contribution >= 0.6 is 23.1 Å². The first kappa shape index (κ1) is 14.8. The molecular weight excluding hydrogens is 304 g/mol. The molecule has 0 radical (unpaired) electrons. The number of thioether (sulfide) groups is 1. The third-order valence-electron chi connectivity index (χ3n) is 3.88. The van der Waals surface area contributed by atoms with E-state index in [2.05, 4.69) is 16.9 Å². The molecule has 0 bridgehead atoms. The number of ether oxygens (including phenoxy) is 1. The zero-order valence-electron chi connectivity index (χ0n) is 12.4. The van der Waals surface area contributed by atoms with Crippen LogP contribution in [0.2, 0.25) is 0 Å². The maximum atomic E-state index is 11.6. The number of rotatable bonds is 3. The van der Waals surface area contributed by atoms with E-state index in [1.165, 1.54) is 35.7 Å². The Morgan fingerprint density at radius 3 is 3.10 bits per heavy atom. The molecule has 0 fully saturated rings. The van der Waals surface area contributed by atoms with Gasteiger partial charge in [-0.15, -0.1) is 11.3 Å². The molecule has 0 N–H and O–H groups in total. The van der Waals surface area contributed by atoms with Crippen molar-refractivity contribution in [1.29, 1.82) is 0 Å². The molecule has 0 aliphatic heterocycles. The molecule has 0 amide bonds. The second-order valence-corrected chi connectivity index (χ2v) is 7.91. The van der Waals surface area contributed by atoms with E-state index in [1.807, 2.05) is 6.92 Å². The van der Waals surface area contributed by atoms with Gasteiger partial charge < -0.3 is 4.74 Å². The summed E-state index contributed by atoms with van der Waals surface area (Å²) >= 11 is 3.24. The predicted molar refractivity (Wildman–Crippen MR) is 85.9 cm³/mol. The van der Waals surface area contributed by atoms with Gasteiger partial charge in [-0.2, -0.15) is 0 Å². The maximum absolute atomic E-state index is 11.6. The first-order valence-electron chi connectivity index (χ1n) is 7.10. The van der Waals surface area contributed by atoms with Crippen molar-refractivity contribution in [3.63, 3.8) is 0 Å². The van der Waals surface area contributed by atoms with Crippen molar-refractivity contribution in [2.75, 3.05) is 7.11 Å². The summed E-state index contributed by atoms with van der Waals surface area (Å²) < 4.78 is 4.80. The molecule has 2 aromatic heterocycles. The highest BCUT2D eigenvalue weighted by Gasteiger charge is 2.25. The van der Waals surface area contributed by atoms with Crippen LogP contribution < -0.4 is 0 Å². The zero-order chi connectivity index (χ0) is 15.0. The van der Waals surface area contributed by atoms with Gasteiger partial charge in [0, 0.05) is 10.3 Å². The van der Waals surface area contributed by atoms with Gasteiger partial charge in [0.15, 0.2) is 0 Å². The Bertz CT molecular complexity index is 684. The Hall–Kier alpha value is -1.14. The van der Waals surface area contributed by atoms with Crippen molar-refractivity contribution in [1.82, 2.24) is 9.97 Å². The summed E-state index contributed by atoms with van der Waals surface area (Å²) in [7, 11) is 1.42. The summed E-state index contributed by atoms with van der Waals surface area (Å²) in [6.45, 7) is 4.15. The van der Waals surface area contributed by atoms with Gasteiger partial charge in [0.1, 0.15) is 21.4 Å². The summed E-state index contributed by atoms with van der Waals surface area (Å²) in [5.41, 5.74) is 1.40. The van der Waals surface area contributed by atoms with Gasteiger partial charge in [-0.1, -0.05) is 18.7 Å². The van der Waals surface area contributed by atoms with Crippen molar-refractivity contribution in [2.45, 2.75) is 43.4 Å². The lowest BCUT2D eigenvalue weighted by molar-refractivity contribution is -0.139. The van der Waals surface area contributed by atoms with Gasteiger partial charge in [-0.25, -0.2) is 9.97 Å². The number of carbonyl (C=O) groups is 1. The fourth-order valence-electron chi connectivity index (χ4n) is 2.72. The van der Waals surface area contributed by atoms with E-state index in [-0.39, 0.29) is 11.2 Å². The summed E-state index contributed by atoms with van der Waals surface area (Å²) in [6, 6.07) is 0. The molecule has 2 heterocycles. The quantitative estimate of drug-likeness (QED) is 0.492. The molecule has 6 heteroatoms. The maximum Gasteiger partial charge on any atom is 0.318 e. The molecule has 0 unspecified atom stereocenters. The van der Waals surface area contributed by atoms with Crippen molar-refractivity contribution in [3.8, 4) is 0 Å². The van der Waals surface area contributed by atoms with E-state index in [0.717, 1.165) is 34.0 Å². The SMILES string of the molecule is COC(=O)[C@@H](C)Sc1ncnc2sc3c(c12)CC[C@H](C)C3. The average Bonchev–Trinajstić information content (AvgIpc) is 2.84. The molecule has 3 rings (SSSR count). The minimum absolute atomic E-state index is 0.218. The molecule has 2 atom stereocenters. The van der Waals surface area contributed by atoms with Crippen LogP contribution in [0.3, 0.4) is 0 Å². The number of esters is 1. The van der Waals surface area contributed by atoms with Crippen molar-refractivity contribution in [2.24, 2.45) is 5.92 Å². The molecule has 0 saturated carbocycles. The number of nitrogens with zero attached hydrogens (tertiary/aromatic N) is 2. The molecular formula is C15H18N2O2S2. The summed E-state index contributed by atoms with van der Waals surface area (Å²) in [6.07, 6.45) is 5.03. The number of carbonyl (C=O) groups excluding carboxylic acids is 1. The van der Waals surface area contributed by atoms with Crippen LogP contribution in [0.25, 0.3) is 10.2 Å². The third kappa shape index (κ3) is 2.79. The molecule has 1 aliphatic carbocycles. The number of aromatic nitrogens is 2. The number of methoxy groups -OCH3 is 1. The van der Waals surface area contributed by atoms with E-state index >= 15 is 0 Å². The number of aryl methyl sites for hydroxylation is 1. The van der Waals surface area contributed by atoms with Crippen LogP contribution in [0.4, 0.5) is 0 Å². The normalized spacial score (nSPS) is 19.3. The van der Waals surface area contributed by atoms with E-state index in [9.17, 15) is 4.79 Å². The molecule has 21 heavy (non-hydrogen) atoms. The Morgan fingerprint density at radius 2 is 2.33 bits per heavy atom. The monoisotopic (exact) mass is 322 g/mol. The second kappa shape index (κ2) is 5.93. The standard InChI is InChI=1S/C15H18N2O2S2/c1-8-4-5-10-11(6-8)21-14-12(10)13(16-7-17-14)20-9(2)15(18)19-3/h7-9H,4-6H2,1-3H3/t8-,9+/m0/s1. The molecule has 4 nitrogen and oxygen atoms in total. The molecule has 0 aromatic carbocycles. The van der Waals surface area contributed by atoms with Gasteiger partial charge in [-0.05, 0) is 37.7 Å². The summed E-state index contributed by atoms with van der Waals surface area (Å²) in [5, 5.41) is 1.81. The van der Waals surface area contributed by atoms with E-state index in [0.29, 0.717) is 0 Å². The summed E-state index contributed by atoms with van der Waals surface area (Å²) in [5.74, 6) is 0.521. The Kier molecular flexibility index (Phi) is 4.17. The van der Waals surface area contributed by atoms with Gasteiger partial charge in [-0.3, -0.25) is 4.79 Å². The lowest BCUT2D eigenvalue weighted by atomic mass is 9.89. The molecule has 1 aliphatic rings. The summed E-state index contributed by atoms with van der Waals surface area (Å²) in [4.78, 5) is 23.0. The number of hydrogen-bond acceptors (Lipinski definition) is 6. The van der Waals surface area contributed by atoms with Crippen LogP contribution in [0.1, 0.15) is 30.7 Å². The van der Waals surface area contributed by atoms with E-state index < -0.39 is 0 Å². The van der Waals surface area contributed by atoms with Gasteiger partial charge in [0.25, 0.3) is 0 Å². The fraction of sp³-hybridized carbons (Fsp3) is 0.533. The number of hydrogen-bond donors (Lipinski definition) is 0. The second-order valence-electron chi connectivity index (χ2n) is 5.49. The topological polar surface area (TPSA) is 52.1 Å². The largest absolute Gasteiger partial charge is 0.468 e. The highest BCUT2D eigenvalue weighted by atomic mass is 32.2. The molecule has 112 valence electrons. The smallest absolute Gasteiger partial charge is 0.318 e. The lowest BCUT2D eigenvalue weighted by Crippen LogP contribution is -2.15. The fourth-order valence-corrected chi connectivity index (χ4v) is 5.11. The lowest BCUT2D eigenvalue weighted by Gasteiger charge is -2.18. The van der Waals surface area contributed by atoms with Gasteiger partial charge in [0.05, 0.1) is 7.11 Å². The van der Waals surface area contributed by atoms with Crippen LogP contribution in [0.5, 0.6) is 0 Å². The minimum Gasteiger partial charge on any atom is -0.468 e. The van der Waals surface area contributed by atoms with Crippen molar-refractivity contribution in [3.05, 3.63) is 16.8 Å². The van der Waals surface area contributed by atoms with Crippen molar-refractivity contribution < 1.29 is 9.53 Å². The molecule has 0 spiro atoms. The van der Waals surface area contributed by atoms with Gasteiger partial charge >= 0.3 is 5.97 Å². The van der Waals surface area contributed by atoms with Crippen LogP contribution in [0, 0.1) is 5.92 Å². The third-order valence-corrected chi connectivity index (χ3v) is 6.12. The predicted octanol–water partition coefficient (Wildman–Crippen LogP) is 3.47. The van der Waals surface area contributed by atoms with E-state index in [4.69, 9.17) is 4.74 Å². The Morgan fingerprint density at radius 1 is 1.52 bits per heavy atom. The van der Waals surface area contributed by atoms with Crippen LogP contribution in [-0.4, -0.2) is 28.3 Å². The minimum atomic E-state index is -0.258. The van der Waals surface area contributed by atoms with E-state index in [1.54, 1.807) is 17.7 Å². The molecule has 2 aromatic rings. The van der Waals surface area contributed by atoms with Crippen LogP contribution in [0.15, 0.2) is 11.4 Å². The molecule has 0 saturated heterocycles. The van der Waals surface area contributed by atoms with Crippen molar-refractivity contribution >= 4 is 39.3 Å².